The molecule has 1 N–H and O–H groups in total. The number of thioether (sulfide) groups is 1. The summed E-state index contributed by atoms with van der Waals surface area (Å²) in [4.78, 5) is 18.1. The fraction of sp³-hybridized carbons (Fsp3) is 0.333. The summed E-state index contributed by atoms with van der Waals surface area (Å²) >= 11 is 1.48. The van der Waals surface area contributed by atoms with Gasteiger partial charge in [-0.05, 0) is 12.1 Å². The maximum Gasteiger partial charge on any atom is 0.238 e. The highest BCUT2D eigenvalue weighted by molar-refractivity contribution is 8.00. The third kappa shape index (κ3) is 1.49. The Bertz CT molecular complexity index is 381. The van der Waals surface area contributed by atoms with Crippen molar-refractivity contribution < 1.29 is 9.90 Å². The van der Waals surface area contributed by atoms with Crippen molar-refractivity contribution >= 4 is 23.5 Å². The van der Waals surface area contributed by atoms with Crippen LogP contribution in [0.2, 0.25) is 0 Å². The van der Waals surface area contributed by atoms with Crippen molar-refractivity contribution in [3.8, 4) is 0 Å². The van der Waals surface area contributed by atoms with Gasteiger partial charge in [0.2, 0.25) is 5.91 Å². The number of fused-ring (bicyclic) bond motifs is 1. The zero-order valence-corrected chi connectivity index (χ0v) is 8.54. The van der Waals surface area contributed by atoms with E-state index >= 15 is 0 Å². The van der Waals surface area contributed by atoms with Crippen molar-refractivity contribution in [2.24, 2.45) is 0 Å². The van der Waals surface area contributed by atoms with Crippen LogP contribution in [0.5, 0.6) is 0 Å². The summed E-state index contributed by atoms with van der Waals surface area (Å²) in [7, 11) is 1.70. The van der Waals surface area contributed by atoms with Crippen LogP contribution in [0.1, 0.15) is 5.69 Å². The predicted molar refractivity (Wildman–Crippen MR) is 54.3 cm³/mol. The Morgan fingerprint density at radius 3 is 3.14 bits per heavy atom. The Morgan fingerprint density at radius 1 is 1.64 bits per heavy atom. The number of aliphatic hydroxyl groups excluding tert-OH is 1. The monoisotopic (exact) mass is 210 g/mol. The van der Waals surface area contributed by atoms with Gasteiger partial charge in [-0.15, -0.1) is 11.8 Å². The summed E-state index contributed by atoms with van der Waals surface area (Å²) in [6.07, 6.45) is 0. The average Bonchev–Trinajstić information content (AvgIpc) is 2.23. The molecule has 0 fully saturated rings. The van der Waals surface area contributed by atoms with Gasteiger partial charge in [0.1, 0.15) is 5.82 Å². The molecule has 1 aromatic rings. The molecular weight excluding hydrogens is 200 g/mol. The smallest absolute Gasteiger partial charge is 0.238 e. The molecule has 1 aliphatic rings. The van der Waals surface area contributed by atoms with Crippen molar-refractivity contribution in [2.75, 3.05) is 17.7 Å². The van der Waals surface area contributed by atoms with Crippen molar-refractivity contribution in [1.82, 2.24) is 4.98 Å². The summed E-state index contributed by atoms with van der Waals surface area (Å²) < 4.78 is 0. The van der Waals surface area contributed by atoms with Gasteiger partial charge >= 0.3 is 0 Å². The van der Waals surface area contributed by atoms with Gasteiger partial charge in [-0.2, -0.15) is 0 Å². The van der Waals surface area contributed by atoms with Crippen molar-refractivity contribution in [3.63, 3.8) is 0 Å². The third-order valence-corrected chi connectivity index (χ3v) is 3.12. The molecule has 14 heavy (non-hydrogen) atoms. The lowest BCUT2D eigenvalue weighted by atomic mass is 10.3. The molecule has 1 aromatic heterocycles. The molecule has 0 spiro atoms. The average molecular weight is 210 g/mol. The summed E-state index contributed by atoms with van der Waals surface area (Å²) in [5, 5.41) is 8.92. The van der Waals surface area contributed by atoms with Crippen LogP contribution in [0.3, 0.4) is 0 Å². The minimum atomic E-state index is -0.0972. The van der Waals surface area contributed by atoms with E-state index in [0.717, 1.165) is 4.90 Å². The third-order valence-electron chi connectivity index (χ3n) is 2.10. The molecule has 1 aliphatic heterocycles. The van der Waals surface area contributed by atoms with Crippen LogP contribution < -0.4 is 4.90 Å². The zero-order chi connectivity index (χ0) is 10.1. The quantitative estimate of drug-likeness (QED) is 0.739. The second kappa shape index (κ2) is 3.59. The van der Waals surface area contributed by atoms with E-state index in [1.54, 1.807) is 13.1 Å². The normalized spacial score (nSPS) is 15.6. The Labute approximate surface area is 85.9 Å². The molecule has 1 amide bonds. The first-order valence-electron chi connectivity index (χ1n) is 4.22. The number of anilines is 1. The minimum absolute atomic E-state index is 0.0464. The van der Waals surface area contributed by atoms with Gasteiger partial charge in [0.05, 0.1) is 22.9 Å². The number of nitrogens with zero attached hydrogens (tertiary/aromatic N) is 2. The molecule has 2 heterocycles. The molecule has 5 heteroatoms. The molecule has 2 rings (SSSR count). The van der Waals surface area contributed by atoms with Gasteiger partial charge in [0.15, 0.2) is 0 Å². The number of pyridine rings is 1. The molecule has 0 aromatic carbocycles. The topological polar surface area (TPSA) is 53.4 Å². The van der Waals surface area contributed by atoms with Gasteiger partial charge in [-0.3, -0.25) is 9.69 Å². The first-order valence-corrected chi connectivity index (χ1v) is 5.21. The summed E-state index contributed by atoms with van der Waals surface area (Å²) in [6.45, 7) is -0.0972. The minimum Gasteiger partial charge on any atom is -0.390 e. The number of hydrogen-bond donors (Lipinski definition) is 1. The molecule has 0 bridgehead atoms. The van der Waals surface area contributed by atoms with E-state index in [1.165, 1.54) is 16.7 Å². The Balaban J connectivity index is 2.46. The highest BCUT2D eigenvalue weighted by atomic mass is 32.2. The van der Waals surface area contributed by atoms with Crippen molar-refractivity contribution in [1.29, 1.82) is 0 Å². The summed E-state index contributed by atoms with van der Waals surface area (Å²) in [5.41, 5.74) is 0.589. The number of hydrogen-bond acceptors (Lipinski definition) is 4. The van der Waals surface area contributed by atoms with E-state index in [1.807, 2.05) is 6.07 Å². The Morgan fingerprint density at radius 2 is 2.43 bits per heavy atom. The summed E-state index contributed by atoms with van der Waals surface area (Å²) in [5.74, 6) is 1.16. The van der Waals surface area contributed by atoms with Crippen molar-refractivity contribution in [3.05, 3.63) is 17.8 Å². The van der Waals surface area contributed by atoms with E-state index < -0.39 is 0 Å². The van der Waals surface area contributed by atoms with Crippen LogP contribution in [0.15, 0.2) is 17.0 Å². The van der Waals surface area contributed by atoms with Gasteiger partial charge in [0.25, 0.3) is 0 Å². The van der Waals surface area contributed by atoms with Crippen LogP contribution in [-0.2, 0) is 11.4 Å². The number of carbonyl (C=O) groups is 1. The van der Waals surface area contributed by atoms with E-state index in [-0.39, 0.29) is 12.5 Å². The van der Waals surface area contributed by atoms with Gasteiger partial charge in [-0.25, -0.2) is 4.98 Å². The van der Waals surface area contributed by atoms with Gasteiger partial charge < -0.3 is 5.11 Å². The summed E-state index contributed by atoms with van der Waals surface area (Å²) in [6, 6.07) is 3.66. The molecule has 0 atom stereocenters. The largest absolute Gasteiger partial charge is 0.390 e. The van der Waals surface area contributed by atoms with E-state index in [9.17, 15) is 4.79 Å². The van der Waals surface area contributed by atoms with E-state index in [4.69, 9.17) is 5.11 Å². The maximum atomic E-state index is 11.4. The van der Waals surface area contributed by atoms with Crippen LogP contribution in [0.4, 0.5) is 5.82 Å². The fourth-order valence-corrected chi connectivity index (χ4v) is 2.22. The van der Waals surface area contributed by atoms with Crippen molar-refractivity contribution in [2.45, 2.75) is 11.5 Å². The van der Waals surface area contributed by atoms with Gasteiger partial charge in [-0.1, -0.05) is 0 Å². The highest BCUT2D eigenvalue weighted by Crippen LogP contribution is 2.32. The molecular formula is C9H10N2O2S. The lowest BCUT2D eigenvalue weighted by molar-refractivity contribution is -0.116. The Hall–Kier alpha value is -1.07. The molecule has 0 saturated heterocycles. The lowest BCUT2D eigenvalue weighted by Crippen LogP contribution is -2.32. The molecule has 0 aliphatic carbocycles. The SMILES string of the molecule is CN1C(=O)CSc2ccc(CO)nc21. The van der Waals surface area contributed by atoms with Crippen LogP contribution in [0.25, 0.3) is 0 Å². The fourth-order valence-electron chi connectivity index (χ4n) is 1.27. The number of carbonyl (C=O) groups excluding carboxylic acids is 1. The maximum absolute atomic E-state index is 11.4. The first-order chi connectivity index (χ1) is 6.72. The number of aliphatic hydroxyl groups is 1. The zero-order valence-electron chi connectivity index (χ0n) is 7.73. The second-order valence-electron chi connectivity index (χ2n) is 3.02. The number of aromatic nitrogens is 1. The number of rotatable bonds is 1. The standard InChI is InChI=1S/C9H10N2O2S/c1-11-8(13)5-14-7-3-2-6(4-12)10-9(7)11/h2-3,12H,4-5H2,1H3. The van der Waals surface area contributed by atoms with Crippen LogP contribution in [-0.4, -0.2) is 28.8 Å². The lowest BCUT2D eigenvalue weighted by Gasteiger charge is -2.24. The highest BCUT2D eigenvalue weighted by Gasteiger charge is 2.22. The molecule has 4 nitrogen and oxygen atoms in total. The number of amides is 1. The molecule has 74 valence electrons. The molecule has 0 unspecified atom stereocenters. The van der Waals surface area contributed by atoms with E-state index in [2.05, 4.69) is 4.98 Å². The second-order valence-corrected chi connectivity index (χ2v) is 4.04. The Kier molecular flexibility index (Phi) is 2.43. The van der Waals surface area contributed by atoms with E-state index in [0.29, 0.717) is 17.3 Å². The predicted octanol–water partition coefficient (Wildman–Crippen LogP) is 0.642. The van der Waals surface area contributed by atoms with Crippen LogP contribution >= 0.6 is 11.8 Å². The van der Waals surface area contributed by atoms with Crippen LogP contribution in [0, 0.1) is 0 Å². The molecule has 0 saturated carbocycles. The molecule has 0 radical (unpaired) electrons. The van der Waals surface area contributed by atoms with Gasteiger partial charge in [0, 0.05) is 7.05 Å². The first kappa shape index (κ1) is 9.48.